The predicted octanol–water partition coefficient (Wildman–Crippen LogP) is 1.42. The quantitative estimate of drug-likeness (QED) is 0.471. The van der Waals surface area contributed by atoms with Crippen molar-refractivity contribution in [3.8, 4) is 0 Å². The molecule has 0 radical (unpaired) electrons. The van der Waals surface area contributed by atoms with Crippen LogP contribution in [0.3, 0.4) is 0 Å². The first-order valence-corrected chi connectivity index (χ1v) is 5.08. The maximum atomic E-state index is 9.11. The zero-order valence-electron chi connectivity index (χ0n) is 8.43. The number of hydrogen-bond donors (Lipinski definition) is 1. The van der Waals surface area contributed by atoms with Gasteiger partial charge < -0.3 is 9.94 Å². The van der Waals surface area contributed by atoms with Gasteiger partial charge in [-0.3, -0.25) is 4.98 Å². The lowest BCUT2D eigenvalue weighted by Crippen LogP contribution is -2.15. The van der Waals surface area contributed by atoms with E-state index in [1.54, 1.807) is 12.4 Å². The average Bonchev–Trinajstić information content (AvgIpc) is 2.29. The number of aromatic nitrogens is 1. The number of pyridine rings is 1. The summed E-state index contributed by atoms with van der Waals surface area (Å²) in [5.41, 5.74) is 1.67. The number of alkyl halides is 1. The number of rotatable bonds is 5. The average molecular weight is 229 g/mol. The highest BCUT2D eigenvalue weighted by molar-refractivity contribution is 6.18. The Morgan fingerprint density at radius 1 is 1.60 bits per heavy atom. The minimum Gasteiger partial charge on any atom is -0.393 e. The molecule has 1 aromatic rings. The van der Waals surface area contributed by atoms with E-state index in [1.165, 1.54) is 0 Å². The van der Waals surface area contributed by atoms with Crippen molar-refractivity contribution >= 4 is 17.3 Å². The molecule has 0 spiro atoms. The maximum absolute atomic E-state index is 9.11. The van der Waals surface area contributed by atoms with Crippen molar-refractivity contribution in [3.63, 3.8) is 0 Å². The van der Waals surface area contributed by atoms with E-state index >= 15 is 0 Å². The Bertz CT molecular complexity index is 316. The Labute approximate surface area is 93.5 Å². The standard InChI is InChI=1S/C10H13ClN2O2/c1-8(9-2-4-12-5-3-9)13-15-7-10(14)6-11/h2-5,10,14H,6-7H2,1H3/b13-8+. The largest absolute Gasteiger partial charge is 0.393 e. The lowest BCUT2D eigenvalue weighted by molar-refractivity contribution is 0.0518. The molecule has 0 aliphatic heterocycles. The maximum Gasteiger partial charge on any atom is 0.144 e. The molecule has 1 heterocycles. The summed E-state index contributed by atoms with van der Waals surface area (Å²) >= 11 is 5.40. The molecule has 5 heteroatoms. The lowest BCUT2D eigenvalue weighted by atomic mass is 10.2. The highest BCUT2D eigenvalue weighted by Gasteiger charge is 2.02. The van der Waals surface area contributed by atoms with Crippen molar-refractivity contribution in [1.82, 2.24) is 4.98 Å². The zero-order valence-corrected chi connectivity index (χ0v) is 9.18. The third-order valence-electron chi connectivity index (χ3n) is 1.74. The van der Waals surface area contributed by atoms with Crippen LogP contribution in [0.2, 0.25) is 0 Å². The third-order valence-corrected chi connectivity index (χ3v) is 2.10. The number of halogens is 1. The second-order valence-corrected chi connectivity index (χ2v) is 3.33. The topological polar surface area (TPSA) is 54.7 Å². The molecule has 0 saturated heterocycles. The predicted molar refractivity (Wildman–Crippen MR) is 59.1 cm³/mol. The van der Waals surface area contributed by atoms with Gasteiger partial charge in [0.1, 0.15) is 12.7 Å². The fourth-order valence-corrected chi connectivity index (χ4v) is 1.000. The summed E-state index contributed by atoms with van der Waals surface area (Å²) in [4.78, 5) is 8.83. The molecule has 1 atom stereocenters. The molecule has 0 saturated carbocycles. The fraction of sp³-hybridized carbons (Fsp3) is 0.400. The Morgan fingerprint density at radius 2 is 2.27 bits per heavy atom. The lowest BCUT2D eigenvalue weighted by Gasteiger charge is -2.05. The zero-order chi connectivity index (χ0) is 11.1. The van der Waals surface area contributed by atoms with E-state index in [9.17, 15) is 0 Å². The highest BCUT2D eigenvalue weighted by Crippen LogP contribution is 1.99. The summed E-state index contributed by atoms with van der Waals surface area (Å²) in [7, 11) is 0. The molecule has 1 rings (SSSR count). The molecule has 0 amide bonds. The molecule has 15 heavy (non-hydrogen) atoms. The first kappa shape index (κ1) is 11.9. The van der Waals surface area contributed by atoms with E-state index in [0.717, 1.165) is 11.3 Å². The van der Waals surface area contributed by atoms with Crippen molar-refractivity contribution in [2.75, 3.05) is 12.5 Å². The summed E-state index contributed by atoms with van der Waals surface area (Å²) < 4.78 is 0. The van der Waals surface area contributed by atoms with Crippen LogP contribution in [0.1, 0.15) is 12.5 Å². The second kappa shape index (κ2) is 6.37. The van der Waals surface area contributed by atoms with Crippen LogP contribution in [0.15, 0.2) is 29.7 Å². The van der Waals surface area contributed by atoms with Crippen LogP contribution in [0.4, 0.5) is 0 Å². The second-order valence-electron chi connectivity index (χ2n) is 3.02. The smallest absolute Gasteiger partial charge is 0.144 e. The van der Waals surface area contributed by atoms with Gasteiger partial charge in [-0.15, -0.1) is 11.6 Å². The number of aliphatic hydroxyl groups is 1. The van der Waals surface area contributed by atoms with Gasteiger partial charge in [-0.05, 0) is 19.1 Å². The van der Waals surface area contributed by atoms with Gasteiger partial charge >= 0.3 is 0 Å². The van der Waals surface area contributed by atoms with Crippen molar-refractivity contribution in [3.05, 3.63) is 30.1 Å². The minimum absolute atomic E-state index is 0.103. The monoisotopic (exact) mass is 228 g/mol. The van der Waals surface area contributed by atoms with Gasteiger partial charge in [0.15, 0.2) is 0 Å². The molecule has 82 valence electrons. The normalized spacial score (nSPS) is 13.7. The number of aliphatic hydroxyl groups excluding tert-OH is 1. The Morgan fingerprint density at radius 3 is 2.87 bits per heavy atom. The Balaban J connectivity index is 2.47. The summed E-state index contributed by atoms with van der Waals surface area (Å²) in [5, 5.41) is 13.0. The van der Waals surface area contributed by atoms with Crippen LogP contribution in [0, 0.1) is 0 Å². The number of hydrogen-bond acceptors (Lipinski definition) is 4. The molecule has 1 N–H and O–H groups in total. The fourth-order valence-electron chi connectivity index (χ4n) is 0.910. The van der Waals surface area contributed by atoms with Crippen LogP contribution in [-0.2, 0) is 4.84 Å². The molecular formula is C10H13ClN2O2. The van der Waals surface area contributed by atoms with E-state index in [0.29, 0.717) is 0 Å². The van der Waals surface area contributed by atoms with E-state index in [2.05, 4.69) is 10.1 Å². The minimum atomic E-state index is -0.680. The summed E-state index contributed by atoms with van der Waals surface area (Å²) in [6.07, 6.45) is 2.69. The molecule has 0 bridgehead atoms. The van der Waals surface area contributed by atoms with Crippen molar-refractivity contribution in [2.24, 2.45) is 5.16 Å². The number of oxime groups is 1. The van der Waals surface area contributed by atoms with Crippen LogP contribution in [0.5, 0.6) is 0 Å². The molecule has 0 aromatic carbocycles. The van der Waals surface area contributed by atoms with Gasteiger partial charge in [0.25, 0.3) is 0 Å². The van der Waals surface area contributed by atoms with Gasteiger partial charge in [0.05, 0.1) is 11.6 Å². The van der Waals surface area contributed by atoms with Crippen LogP contribution < -0.4 is 0 Å². The van der Waals surface area contributed by atoms with Crippen LogP contribution in [0.25, 0.3) is 0 Å². The molecule has 1 unspecified atom stereocenters. The molecule has 0 fully saturated rings. The van der Waals surface area contributed by atoms with Gasteiger partial charge in [-0.1, -0.05) is 5.16 Å². The van der Waals surface area contributed by atoms with Crippen LogP contribution in [-0.4, -0.2) is 34.4 Å². The van der Waals surface area contributed by atoms with E-state index in [4.69, 9.17) is 21.5 Å². The van der Waals surface area contributed by atoms with Gasteiger partial charge in [-0.2, -0.15) is 0 Å². The van der Waals surface area contributed by atoms with Crippen molar-refractivity contribution in [1.29, 1.82) is 0 Å². The van der Waals surface area contributed by atoms with Gasteiger partial charge in [0.2, 0.25) is 0 Å². The Kier molecular flexibility index (Phi) is 5.07. The van der Waals surface area contributed by atoms with E-state index in [-0.39, 0.29) is 12.5 Å². The van der Waals surface area contributed by atoms with Gasteiger partial charge in [-0.25, -0.2) is 0 Å². The molecular weight excluding hydrogens is 216 g/mol. The summed E-state index contributed by atoms with van der Waals surface area (Å²) in [5.74, 6) is 0.143. The summed E-state index contributed by atoms with van der Waals surface area (Å²) in [6.45, 7) is 1.92. The summed E-state index contributed by atoms with van der Waals surface area (Å²) in [6, 6.07) is 3.67. The highest BCUT2D eigenvalue weighted by atomic mass is 35.5. The third kappa shape index (κ3) is 4.27. The molecule has 0 aliphatic carbocycles. The van der Waals surface area contributed by atoms with Crippen LogP contribution >= 0.6 is 11.6 Å². The van der Waals surface area contributed by atoms with Gasteiger partial charge in [0, 0.05) is 18.0 Å². The van der Waals surface area contributed by atoms with E-state index in [1.807, 2.05) is 19.1 Å². The first-order valence-electron chi connectivity index (χ1n) is 4.55. The number of nitrogens with zero attached hydrogens (tertiary/aromatic N) is 2. The van der Waals surface area contributed by atoms with Crippen molar-refractivity contribution in [2.45, 2.75) is 13.0 Å². The van der Waals surface area contributed by atoms with E-state index < -0.39 is 6.10 Å². The Hall–Kier alpha value is -1.13. The van der Waals surface area contributed by atoms with Crippen molar-refractivity contribution < 1.29 is 9.94 Å². The molecule has 4 nitrogen and oxygen atoms in total. The SMILES string of the molecule is C/C(=N\OCC(O)CCl)c1ccncc1. The molecule has 0 aliphatic rings. The molecule has 1 aromatic heterocycles. The first-order chi connectivity index (χ1) is 7.24.